The summed E-state index contributed by atoms with van der Waals surface area (Å²) in [7, 11) is 0. The lowest BCUT2D eigenvalue weighted by Crippen LogP contribution is -2.47. The molecule has 1 heterocycles. The number of likely N-dealkylation sites (tertiary alicyclic amines) is 1. The monoisotopic (exact) mass is 368 g/mol. The van der Waals surface area contributed by atoms with Crippen molar-refractivity contribution in [1.29, 1.82) is 0 Å². The second kappa shape index (κ2) is 7.77. The molecule has 0 aromatic heterocycles. The highest BCUT2D eigenvalue weighted by atomic mass is 16.6. The Labute approximate surface area is 154 Å². The van der Waals surface area contributed by atoms with Gasteiger partial charge < -0.3 is 4.74 Å². The third-order valence-electron chi connectivity index (χ3n) is 4.21. The minimum atomic E-state index is -1.09. The lowest BCUT2D eigenvalue weighted by molar-refractivity contribution is -0.384. The molecule has 0 N–H and O–H groups in total. The maximum atomic E-state index is 12.7. The van der Waals surface area contributed by atoms with Crippen molar-refractivity contribution in [2.24, 2.45) is 0 Å². The molecule has 0 saturated carbocycles. The zero-order chi connectivity index (χ0) is 19.4. The van der Waals surface area contributed by atoms with Crippen LogP contribution in [0.3, 0.4) is 0 Å². The van der Waals surface area contributed by atoms with Gasteiger partial charge in [0.2, 0.25) is 11.8 Å². The van der Waals surface area contributed by atoms with E-state index in [2.05, 4.69) is 0 Å². The summed E-state index contributed by atoms with van der Waals surface area (Å²) in [5.41, 5.74) is 0.635. The van der Waals surface area contributed by atoms with E-state index in [0.29, 0.717) is 0 Å². The first-order chi connectivity index (χ1) is 13.0. The lowest BCUT2D eigenvalue weighted by atomic mass is 10.0. The summed E-state index contributed by atoms with van der Waals surface area (Å²) in [5, 5.41) is 10.7. The number of nitrogens with zero attached hydrogens (tertiary/aromatic N) is 2. The van der Waals surface area contributed by atoms with Gasteiger partial charge >= 0.3 is 5.97 Å². The van der Waals surface area contributed by atoms with Crippen LogP contribution in [0.1, 0.15) is 18.4 Å². The molecule has 0 bridgehead atoms. The standard InChI is InChI=1S/C19H16N2O6/c22-17-10-11-18(23)20(17)16(12-13-4-2-1-3-5-13)19(24)27-15-8-6-14(7-9-15)21(25)26/h1-9,16H,10-12H2/t16-/m0/s1. The third-order valence-corrected chi connectivity index (χ3v) is 4.21. The van der Waals surface area contributed by atoms with Crippen molar-refractivity contribution in [3.8, 4) is 5.75 Å². The molecule has 1 aliphatic heterocycles. The van der Waals surface area contributed by atoms with E-state index in [1.54, 1.807) is 24.3 Å². The van der Waals surface area contributed by atoms with Gasteiger partial charge in [0.15, 0.2) is 0 Å². The van der Waals surface area contributed by atoms with E-state index >= 15 is 0 Å². The fourth-order valence-corrected chi connectivity index (χ4v) is 2.88. The molecule has 1 saturated heterocycles. The highest BCUT2D eigenvalue weighted by molar-refractivity contribution is 6.05. The van der Waals surface area contributed by atoms with Crippen LogP contribution in [-0.2, 0) is 20.8 Å². The van der Waals surface area contributed by atoms with Crippen molar-refractivity contribution >= 4 is 23.5 Å². The van der Waals surface area contributed by atoms with E-state index in [1.807, 2.05) is 6.07 Å². The van der Waals surface area contributed by atoms with Crippen molar-refractivity contribution in [1.82, 2.24) is 4.90 Å². The first-order valence-electron chi connectivity index (χ1n) is 8.30. The molecule has 2 aromatic rings. The minimum absolute atomic E-state index is 0.0644. The number of hydrogen-bond donors (Lipinski definition) is 0. The van der Waals surface area contributed by atoms with Gasteiger partial charge in [-0.15, -0.1) is 0 Å². The van der Waals surface area contributed by atoms with Crippen molar-refractivity contribution in [3.63, 3.8) is 0 Å². The number of hydrogen-bond acceptors (Lipinski definition) is 6. The van der Waals surface area contributed by atoms with E-state index in [0.717, 1.165) is 10.5 Å². The molecule has 2 aromatic carbocycles. The fraction of sp³-hybridized carbons (Fsp3) is 0.211. The molecule has 8 heteroatoms. The van der Waals surface area contributed by atoms with Crippen molar-refractivity contribution in [3.05, 3.63) is 70.3 Å². The number of nitro groups is 1. The largest absolute Gasteiger partial charge is 0.425 e. The smallest absolute Gasteiger partial charge is 0.335 e. The Morgan fingerprint density at radius 1 is 1.04 bits per heavy atom. The number of esters is 1. The molecule has 0 radical (unpaired) electrons. The summed E-state index contributed by atoms with van der Waals surface area (Å²) in [6.07, 6.45) is 0.258. The summed E-state index contributed by atoms with van der Waals surface area (Å²) >= 11 is 0. The van der Waals surface area contributed by atoms with Gasteiger partial charge in [0.05, 0.1) is 4.92 Å². The number of amides is 2. The van der Waals surface area contributed by atoms with Gasteiger partial charge in [0, 0.05) is 31.4 Å². The Balaban J connectivity index is 1.82. The molecule has 0 unspecified atom stereocenters. The minimum Gasteiger partial charge on any atom is -0.425 e. The highest BCUT2D eigenvalue weighted by Gasteiger charge is 2.39. The molecule has 3 rings (SSSR count). The first kappa shape index (κ1) is 18.2. The molecule has 27 heavy (non-hydrogen) atoms. The van der Waals surface area contributed by atoms with E-state index < -0.39 is 28.7 Å². The second-order valence-electron chi connectivity index (χ2n) is 6.04. The van der Waals surface area contributed by atoms with Gasteiger partial charge in [-0.3, -0.25) is 24.6 Å². The van der Waals surface area contributed by atoms with Crippen LogP contribution in [0.15, 0.2) is 54.6 Å². The number of nitro benzene ring substituents is 1. The van der Waals surface area contributed by atoms with Crippen LogP contribution in [-0.4, -0.2) is 33.6 Å². The van der Waals surface area contributed by atoms with Gasteiger partial charge in [-0.2, -0.15) is 0 Å². The van der Waals surface area contributed by atoms with Crippen LogP contribution in [0.4, 0.5) is 5.69 Å². The molecular formula is C19H16N2O6. The molecule has 1 aliphatic rings. The molecule has 138 valence electrons. The summed E-state index contributed by atoms with van der Waals surface area (Å²) < 4.78 is 5.28. The summed E-state index contributed by atoms with van der Waals surface area (Å²) in [4.78, 5) is 48.0. The Hall–Kier alpha value is -3.55. The van der Waals surface area contributed by atoms with E-state index in [-0.39, 0.29) is 30.7 Å². The number of carbonyl (C=O) groups excluding carboxylic acids is 3. The molecule has 1 atom stereocenters. The number of imide groups is 1. The molecule has 0 aliphatic carbocycles. The van der Waals surface area contributed by atoms with Gasteiger partial charge in [0.1, 0.15) is 11.8 Å². The first-order valence-corrected chi connectivity index (χ1v) is 8.30. The van der Waals surface area contributed by atoms with Gasteiger partial charge in [-0.1, -0.05) is 30.3 Å². The highest BCUT2D eigenvalue weighted by Crippen LogP contribution is 2.22. The molecular weight excluding hydrogens is 352 g/mol. The number of ether oxygens (including phenoxy) is 1. The lowest BCUT2D eigenvalue weighted by Gasteiger charge is -2.24. The predicted molar refractivity (Wildman–Crippen MR) is 93.8 cm³/mol. The number of non-ortho nitro benzene ring substituents is 1. The summed E-state index contributed by atoms with van der Waals surface area (Å²) in [6, 6.07) is 12.9. The molecule has 8 nitrogen and oxygen atoms in total. The van der Waals surface area contributed by atoms with Crippen molar-refractivity contribution in [2.75, 3.05) is 0 Å². The quantitative estimate of drug-likeness (QED) is 0.254. The molecule has 2 amide bonds. The maximum absolute atomic E-state index is 12.7. The van der Waals surface area contributed by atoms with Crippen LogP contribution < -0.4 is 4.74 Å². The maximum Gasteiger partial charge on any atom is 0.335 e. The van der Waals surface area contributed by atoms with Gasteiger partial charge in [-0.05, 0) is 17.7 Å². The molecule has 1 fully saturated rings. The Morgan fingerprint density at radius 3 is 2.19 bits per heavy atom. The van der Waals surface area contributed by atoms with Crippen LogP contribution in [0, 0.1) is 10.1 Å². The third kappa shape index (κ3) is 4.17. The second-order valence-corrected chi connectivity index (χ2v) is 6.04. The Kier molecular flexibility index (Phi) is 5.25. The topological polar surface area (TPSA) is 107 Å². The Bertz CT molecular complexity index is 863. The summed E-state index contributed by atoms with van der Waals surface area (Å²) in [6.45, 7) is 0. The summed E-state index contributed by atoms with van der Waals surface area (Å²) in [5.74, 6) is -1.50. The van der Waals surface area contributed by atoms with E-state index in [1.165, 1.54) is 24.3 Å². The van der Waals surface area contributed by atoms with Crippen LogP contribution >= 0.6 is 0 Å². The van der Waals surface area contributed by atoms with E-state index in [4.69, 9.17) is 4.74 Å². The number of carbonyl (C=O) groups is 3. The Morgan fingerprint density at radius 2 is 1.63 bits per heavy atom. The molecule has 0 spiro atoms. The zero-order valence-electron chi connectivity index (χ0n) is 14.2. The number of rotatable bonds is 6. The van der Waals surface area contributed by atoms with Crippen LogP contribution in [0.5, 0.6) is 5.75 Å². The average Bonchev–Trinajstić information content (AvgIpc) is 2.99. The number of benzene rings is 2. The fourth-order valence-electron chi connectivity index (χ4n) is 2.88. The van der Waals surface area contributed by atoms with Crippen molar-refractivity contribution < 1.29 is 24.0 Å². The van der Waals surface area contributed by atoms with E-state index in [9.17, 15) is 24.5 Å². The van der Waals surface area contributed by atoms with Crippen LogP contribution in [0.25, 0.3) is 0 Å². The normalized spacial score (nSPS) is 14.9. The van der Waals surface area contributed by atoms with Crippen molar-refractivity contribution in [2.45, 2.75) is 25.3 Å². The zero-order valence-corrected chi connectivity index (χ0v) is 14.2. The SMILES string of the molecule is O=C(Oc1ccc([N+](=O)[O-])cc1)[C@H](Cc1ccccc1)N1C(=O)CCC1=O. The van der Waals surface area contributed by atoms with Crippen LogP contribution in [0.2, 0.25) is 0 Å². The average molecular weight is 368 g/mol. The van der Waals surface area contributed by atoms with Gasteiger partial charge in [0.25, 0.3) is 5.69 Å². The predicted octanol–water partition coefficient (Wildman–Crippen LogP) is 2.26. The van der Waals surface area contributed by atoms with Gasteiger partial charge in [-0.25, -0.2) is 4.79 Å².